The zero-order chi connectivity index (χ0) is 15.7. The van der Waals surface area contributed by atoms with E-state index in [1.165, 1.54) is 7.11 Å². The first-order valence-corrected chi connectivity index (χ1v) is 10.1. The summed E-state index contributed by atoms with van der Waals surface area (Å²) in [5.74, 6) is -0.299. The van der Waals surface area contributed by atoms with Gasteiger partial charge in [-0.15, -0.1) is 0 Å². The van der Waals surface area contributed by atoms with E-state index in [-0.39, 0.29) is 17.1 Å². The summed E-state index contributed by atoms with van der Waals surface area (Å²) >= 11 is 0. The van der Waals surface area contributed by atoms with Gasteiger partial charge in [-0.2, -0.15) is 0 Å². The van der Waals surface area contributed by atoms with Crippen LogP contribution in [0.1, 0.15) is 27.2 Å². The maximum Gasteiger partial charge on any atom is 0.377 e. The average molecular weight is 301 g/mol. The van der Waals surface area contributed by atoms with Crippen molar-refractivity contribution in [1.82, 2.24) is 4.81 Å². The van der Waals surface area contributed by atoms with Crippen molar-refractivity contribution in [2.75, 3.05) is 13.7 Å². The number of ether oxygens (including phenoxy) is 1. The molecule has 1 fully saturated rings. The maximum absolute atomic E-state index is 11.8. The number of carbonyl (C=O) groups is 1. The van der Waals surface area contributed by atoms with E-state index in [4.69, 9.17) is 9.16 Å². The Balaban J connectivity index is 2.79. The number of methoxy groups -OCH3 is 1. The molecule has 0 bridgehead atoms. The molecule has 0 aromatic carbocycles. The van der Waals surface area contributed by atoms with Crippen LogP contribution in [0.15, 0.2) is 0 Å². The number of hydrogen-bond donors (Lipinski definition) is 1. The van der Waals surface area contributed by atoms with Gasteiger partial charge in [0.15, 0.2) is 8.32 Å². The van der Waals surface area contributed by atoms with Crippen molar-refractivity contribution < 1.29 is 19.0 Å². The Kier molecular flexibility index (Phi) is 5.46. The smallest absolute Gasteiger partial charge is 0.377 e. The Morgan fingerprint density at radius 3 is 2.35 bits per heavy atom. The Hall–Kier alpha value is -0.368. The van der Waals surface area contributed by atoms with Crippen molar-refractivity contribution in [3.8, 4) is 0 Å². The molecule has 0 aromatic rings. The first-order valence-electron chi connectivity index (χ1n) is 7.19. The van der Waals surface area contributed by atoms with E-state index in [2.05, 4.69) is 33.9 Å². The second-order valence-electron chi connectivity index (χ2n) is 7.10. The van der Waals surface area contributed by atoms with Crippen LogP contribution >= 0.6 is 0 Å². The molecule has 0 spiro atoms. The summed E-state index contributed by atoms with van der Waals surface area (Å²) in [6.45, 7) is 13.2. The quantitative estimate of drug-likeness (QED) is 0.633. The molecule has 7 heteroatoms. The SMILES string of the molecule is COC(=O)[C@@H]1C[C@@H](O[Si](C)(C)C(C)(C)C)CN1B(C)O. The third-order valence-corrected chi connectivity index (χ3v) is 9.06. The van der Waals surface area contributed by atoms with Crippen molar-refractivity contribution >= 4 is 21.3 Å². The van der Waals surface area contributed by atoms with Crippen molar-refractivity contribution in [1.29, 1.82) is 0 Å². The van der Waals surface area contributed by atoms with Crippen LogP contribution in [0, 0.1) is 0 Å². The van der Waals surface area contributed by atoms with Gasteiger partial charge in [0.05, 0.1) is 13.2 Å². The van der Waals surface area contributed by atoms with Crippen LogP contribution in [0.25, 0.3) is 0 Å². The largest absolute Gasteiger partial charge is 0.468 e. The molecule has 0 aliphatic carbocycles. The van der Waals surface area contributed by atoms with Crippen LogP contribution in [0.4, 0.5) is 0 Å². The highest BCUT2D eigenvalue weighted by Gasteiger charge is 2.45. The van der Waals surface area contributed by atoms with Crippen molar-refractivity contribution in [3.05, 3.63) is 0 Å². The molecule has 0 unspecified atom stereocenters. The van der Waals surface area contributed by atoms with Crippen molar-refractivity contribution in [3.63, 3.8) is 0 Å². The first kappa shape index (κ1) is 17.7. The summed E-state index contributed by atoms with van der Waals surface area (Å²) in [7, 11) is -1.16. The van der Waals surface area contributed by atoms with Gasteiger partial charge in [0.25, 0.3) is 0 Å². The van der Waals surface area contributed by atoms with Gasteiger partial charge in [-0.25, -0.2) is 0 Å². The number of rotatable bonds is 4. The van der Waals surface area contributed by atoms with Crippen LogP contribution in [0.3, 0.4) is 0 Å². The van der Waals surface area contributed by atoms with Gasteiger partial charge < -0.3 is 19.0 Å². The zero-order valence-corrected chi connectivity index (χ0v) is 14.8. The average Bonchev–Trinajstić information content (AvgIpc) is 2.69. The summed E-state index contributed by atoms with van der Waals surface area (Å²) < 4.78 is 11.2. The minimum Gasteiger partial charge on any atom is -0.468 e. The predicted octanol–water partition coefficient (Wildman–Crippen LogP) is 1.73. The molecule has 0 radical (unpaired) electrons. The lowest BCUT2D eigenvalue weighted by Crippen LogP contribution is -2.46. The van der Waals surface area contributed by atoms with Crippen LogP contribution in [-0.4, -0.2) is 57.0 Å². The van der Waals surface area contributed by atoms with Gasteiger partial charge in [-0.05, 0) is 31.4 Å². The number of nitrogens with zero attached hydrogens (tertiary/aromatic N) is 1. The number of carbonyl (C=O) groups excluding carboxylic acids is 1. The van der Waals surface area contributed by atoms with Crippen molar-refractivity contribution in [2.24, 2.45) is 0 Å². The third-order valence-electron chi connectivity index (χ3n) is 4.52. The lowest BCUT2D eigenvalue weighted by Gasteiger charge is -2.38. The molecule has 1 rings (SSSR count). The second-order valence-corrected chi connectivity index (χ2v) is 11.9. The van der Waals surface area contributed by atoms with Gasteiger partial charge in [-0.1, -0.05) is 20.8 Å². The maximum atomic E-state index is 11.8. The molecule has 1 aliphatic rings. The Morgan fingerprint density at radius 2 is 1.95 bits per heavy atom. The standard InChI is InChI=1S/C13H28BNO4Si/c1-13(2,3)20(6,7)19-10-8-11(12(16)18-5)15(9-10)14(4)17/h10-11,17H,8-9H2,1-7H3/t10-,11+/m1/s1. The second kappa shape index (κ2) is 6.17. The van der Waals surface area contributed by atoms with Gasteiger partial charge in [0.2, 0.25) is 0 Å². The van der Waals surface area contributed by atoms with Gasteiger partial charge in [-0.3, -0.25) is 4.79 Å². The van der Waals surface area contributed by atoms with E-state index in [0.29, 0.717) is 13.0 Å². The van der Waals surface area contributed by atoms with E-state index in [1.807, 2.05) is 0 Å². The normalized spacial score (nSPS) is 24.8. The molecule has 1 heterocycles. The summed E-state index contributed by atoms with van der Waals surface area (Å²) in [5.41, 5.74) is 0. The van der Waals surface area contributed by atoms with Gasteiger partial charge in [0.1, 0.15) is 6.04 Å². The van der Waals surface area contributed by atoms with E-state index in [9.17, 15) is 9.82 Å². The lowest BCUT2D eigenvalue weighted by molar-refractivity contribution is -0.144. The molecule has 0 aromatic heterocycles. The third kappa shape index (κ3) is 3.84. The minimum atomic E-state index is -1.87. The van der Waals surface area contributed by atoms with E-state index in [1.54, 1.807) is 11.6 Å². The molecule has 1 N–H and O–H groups in total. The number of hydrogen-bond acceptors (Lipinski definition) is 5. The summed E-state index contributed by atoms with van der Waals surface area (Å²) in [6.07, 6.45) is 0.568. The molecule has 2 atom stereocenters. The van der Waals surface area contributed by atoms with Crippen LogP contribution in [0.5, 0.6) is 0 Å². The van der Waals surface area contributed by atoms with Gasteiger partial charge in [0, 0.05) is 6.54 Å². The first-order chi connectivity index (χ1) is 8.99. The van der Waals surface area contributed by atoms with E-state index in [0.717, 1.165) is 0 Å². The molecular formula is C13H28BNO4Si. The fourth-order valence-electron chi connectivity index (χ4n) is 2.28. The molecule has 0 saturated carbocycles. The van der Waals surface area contributed by atoms with Crippen molar-refractivity contribution in [2.45, 2.75) is 64.3 Å². The van der Waals surface area contributed by atoms with Crippen LogP contribution in [0.2, 0.25) is 25.0 Å². The fraction of sp³-hybridized carbons (Fsp3) is 0.923. The monoisotopic (exact) mass is 301 g/mol. The highest BCUT2D eigenvalue weighted by Crippen LogP contribution is 2.39. The highest BCUT2D eigenvalue weighted by atomic mass is 28.4. The highest BCUT2D eigenvalue weighted by molar-refractivity contribution is 6.74. The predicted molar refractivity (Wildman–Crippen MR) is 83.0 cm³/mol. The summed E-state index contributed by atoms with van der Waals surface area (Å²) in [6, 6.07) is -0.408. The molecular weight excluding hydrogens is 273 g/mol. The molecule has 116 valence electrons. The lowest BCUT2D eigenvalue weighted by atomic mass is 9.84. The molecule has 0 amide bonds. The van der Waals surface area contributed by atoms with E-state index < -0.39 is 21.4 Å². The van der Waals surface area contributed by atoms with Gasteiger partial charge >= 0.3 is 13.0 Å². The van der Waals surface area contributed by atoms with Crippen LogP contribution in [-0.2, 0) is 14.0 Å². The summed E-state index contributed by atoms with van der Waals surface area (Å²) in [5, 5.41) is 9.95. The van der Waals surface area contributed by atoms with Crippen LogP contribution < -0.4 is 0 Å². The fourth-order valence-corrected chi connectivity index (χ4v) is 3.64. The summed E-state index contributed by atoms with van der Waals surface area (Å²) in [4.78, 5) is 13.6. The number of esters is 1. The molecule has 1 aliphatic heterocycles. The Labute approximate surface area is 123 Å². The molecule has 5 nitrogen and oxygen atoms in total. The molecule has 1 saturated heterocycles. The minimum absolute atomic E-state index is 0.0189. The Morgan fingerprint density at radius 1 is 1.40 bits per heavy atom. The Bertz CT molecular complexity index is 357. The zero-order valence-electron chi connectivity index (χ0n) is 13.8. The van der Waals surface area contributed by atoms with E-state index >= 15 is 0 Å². The molecule has 20 heavy (non-hydrogen) atoms. The topological polar surface area (TPSA) is 59.0 Å².